The normalized spacial score (nSPS) is 13.8. The monoisotopic (exact) mass is 426 g/mol. The van der Waals surface area contributed by atoms with Gasteiger partial charge in [0.25, 0.3) is 0 Å². The minimum atomic E-state index is -0.929. The van der Waals surface area contributed by atoms with Gasteiger partial charge in [-0.15, -0.1) is 0 Å². The summed E-state index contributed by atoms with van der Waals surface area (Å²) in [6, 6.07) is 15.2. The first kappa shape index (κ1) is 22.8. The van der Waals surface area contributed by atoms with Crippen molar-refractivity contribution < 1.29 is 24.2 Å². The molecule has 3 rings (SSSR count). The molecule has 7 heteroatoms. The summed E-state index contributed by atoms with van der Waals surface area (Å²) in [5.41, 5.74) is 4.05. The van der Waals surface area contributed by atoms with E-state index in [0.717, 1.165) is 22.3 Å². The van der Waals surface area contributed by atoms with Crippen molar-refractivity contribution in [3.63, 3.8) is 0 Å². The third kappa shape index (κ3) is 5.83. The highest BCUT2D eigenvalue weighted by atomic mass is 16.5. The molecule has 0 fully saturated rings. The number of ether oxygens (including phenoxy) is 2. The maximum atomic E-state index is 12.5. The van der Waals surface area contributed by atoms with Gasteiger partial charge in [0.15, 0.2) is 0 Å². The van der Waals surface area contributed by atoms with Crippen molar-refractivity contribution in [2.75, 3.05) is 26.4 Å². The van der Waals surface area contributed by atoms with E-state index in [1.165, 1.54) is 0 Å². The van der Waals surface area contributed by atoms with E-state index in [4.69, 9.17) is 14.6 Å². The molecule has 166 valence electrons. The zero-order chi connectivity index (χ0) is 22.4. The molecule has 0 aromatic heterocycles. The van der Waals surface area contributed by atoms with Crippen molar-refractivity contribution in [2.45, 2.75) is 38.3 Å². The van der Waals surface area contributed by atoms with Crippen molar-refractivity contribution in [3.8, 4) is 11.1 Å². The SMILES string of the molecule is CC(C)(C)OC[C@H](NC(=O)OCC1c2ccccc2-c2ccccc21)C(=O)NCCO. The Bertz CT molecular complexity index is 877. The van der Waals surface area contributed by atoms with Crippen LogP contribution in [-0.2, 0) is 14.3 Å². The molecule has 0 radical (unpaired) electrons. The summed E-state index contributed by atoms with van der Waals surface area (Å²) in [5.74, 6) is -0.502. The van der Waals surface area contributed by atoms with E-state index in [1.54, 1.807) is 0 Å². The van der Waals surface area contributed by atoms with Crippen LogP contribution >= 0.6 is 0 Å². The second-order valence-electron chi connectivity index (χ2n) is 8.46. The highest BCUT2D eigenvalue weighted by Gasteiger charge is 2.30. The van der Waals surface area contributed by atoms with E-state index < -0.39 is 23.6 Å². The Morgan fingerprint density at radius 3 is 2.16 bits per heavy atom. The summed E-state index contributed by atoms with van der Waals surface area (Å²) in [6.45, 7) is 5.64. The number of amides is 2. The minimum absolute atomic E-state index is 0.00897. The number of carbonyl (C=O) groups is 2. The highest BCUT2D eigenvalue weighted by Crippen LogP contribution is 2.44. The molecule has 2 aromatic carbocycles. The number of hydrogen-bond donors (Lipinski definition) is 3. The van der Waals surface area contributed by atoms with Crippen LogP contribution in [0.4, 0.5) is 4.79 Å². The zero-order valence-electron chi connectivity index (χ0n) is 18.2. The van der Waals surface area contributed by atoms with Crippen molar-refractivity contribution in [1.29, 1.82) is 0 Å². The molecule has 3 N–H and O–H groups in total. The van der Waals surface area contributed by atoms with Crippen LogP contribution in [0.5, 0.6) is 0 Å². The standard InChI is InChI=1S/C24H30N2O5/c1-24(2,3)31-15-21(22(28)25-12-13-27)26-23(29)30-14-20-18-10-6-4-8-16(18)17-9-5-7-11-19(17)20/h4-11,20-21,27H,12-15H2,1-3H3,(H,25,28)(H,26,29)/t21-/m0/s1. The lowest BCUT2D eigenvalue weighted by molar-refractivity contribution is -0.126. The first-order valence-electron chi connectivity index (χ1n) is 10.4. The molecule has 0 saturated heterocycles. The number of carbonyl (C=O) groups excluding carboxylic acids is 2. The topological polar surface area (TPSA) is 96.9 Å². The average molecular weight is 427 g/mol. The second-order valence-corrected chi connectivity index (χ2v) is 8.46. The quantitative estimate of drug-likeness (QED) is 0.603. The third-order valence-corrected chi connectivity index (χ3v) is 5.05. The minimum Gasteiger partial charge on any atom is -0.449 e. The Labute approximate surface area is 182 Å². The van der Waals surface area contributed by atoms with Crippen molar-refractivity contribution in [3.05, 3.63) is 59.7 Å². The molecule has 0 unspecified atom stereocenters. The number of nitrogens with one attached hydrogen (secondary N) is 2. The zero-order valence-corrected chi connectivity index (χ0v) is 18.2. The summed E-state index contributed by atoms with van der Waals surface area (Å²) in [4.78, 5) is 24.9. The highest BCUT2D eigenvalue weighted by molar-refractivity contribution is 5.86. The molecular formula is C24H30N2O5. The molecule has 1 aliphatic rings. The van der Waals surface area contributed by atoms with E-state index in [-0.39, 0.29) is 32.3 Å². The van der Waals surface area contributed by atoms with Gasteiger partial charge in [-0.05, 0) is 43.0 Å². The lowest BCUT2D eigenvalue weighted by atomic mass is 9.98. The van der Waals surface area contributed by atoms with Gasteiger partial charge in [0, 0.05) is 12.5 Å². The fourth-order valence-corrected chi connectivity index (χ4v) is 3.60. The lowest BCUT2D eigenvalue weighted by Gasteiger charge is -2.24. The summed E-state index contributed by atoms with van der Waals surface area (Å²) in [7, 11) is 0. The lowest BCUT2D eigenvalue weighted by Crippen LogP contribution is -2.51. The summed E-state index contributed by atoms with van der Waals surface area (Å²) < 4.78 is 11.2. The molecule has 0 spiro atoms. The van der Waals surface area contributed by atoms with Crippen molar-refractivity contribution >= 4 is 12.0 Å². The first-order chi connectivity index (χ1) is 14.8. The Morgan fingerprint density at radius 1 is 1.03 bits per heavy atom. The van der Waals surface area contributed by atoms with Crippen molar-refractivity contribution in [1.82, 2.24) is 10.6 Å². The molecule has 1 aliphatic carbocycles. The van der Waals surface area contributed by atoms with E-state index in [9.17, 15) is 9.59 Å². The predicted octanol–water partition coefficient (Wildman–Crippen LogP) is 2.82. The van der Waals surface area contributed by atoms with Gasteiger partial charge >= 0.3 is 6.09 Å². The van der Waals surface area contributed by atoms with Gasteiger partial charge in [-0.1, -0.05) is 48.5 Å². The molecule has 0 bridgehead atoms. The third-order valence-electron chi connectivity index (χ3n) is 5.05. The Morgan fingerprint density at radius 2 is 1.61 bits per heavy atom. The van der Waals surface area contributed by atoms with Crippen LogP contribution in [0.25, 0.3) is 11.1 Å². The van der Waals surface area contributed by atoms with Gasteiger partial charge in [0.2, 0.25) is 5.91 Å². The van der Waals surface area contributed by atoms with Gasteiger partial charge in [-0.2, -0.15) is 0 Å². The Kier molecular flexibility index (Phi) is 7.30. The van der Waals surface area contributed by atoms with Gasteiger partial charge < -0.3 is 25.2 Å². The van der Waals surface area contributed by atoms with E-state index in [0.29, 0.717) is 0 Å². The van der Waals surface area contributed by atoms with Gasteiger partial charge in [-0.3, -0.25) is 4.79 Å². The molecular weight excluding hydrogens is 396 g/mol. The van der Waals surface area contributed by atoms with E-state index in [1.807, 2.05) is 57.2 Å². The Hall–Kier alpha value is -2.90. The molecule has 2 amide bonds. The fourth-order valence-electron chi connectivity index (χ4n) is 3.60. The van der Waals surface area contributed by atoms with E-state index >= 15 is 0 Å². The number of benzene rings is 2. The van der Waals surface area contributed by atoms with Crippen LogP contribution in [0.1, 0.15) is 37.8 Å². The summed E-state index contributed by atoms with van der Waals surface area (Å²) in [6.07, 6.45) is -0.691. The van der Waals surface area contributed by atoms with Gasteiger partial charge in [0.1, 0.15) is 12.6 Å². The second kappa shape index (κ2) is 9.94. The molecule has 0 heterocycles. The average Bonchev–Trinajstić information content (AvgIpc) is 3.06. The van der Waals surface area contributed by atoms with Crippen molar-refractivity contribution in [2.24, 2.45) is 0 Å². The van der Waals surface area contributed by atoms with Crippen LogP contribution < -0.4 is 10.6 Å². The predicted molar refractivity (Wildman–Crippen MR) is 118 cm³/mol. The fraction of sp³-hybridized carbons (Fsp3) is 0.417. The number of fused-ring (bicyclic) bond motifs is 3. The molecule has 7 nitrogen and oxygen atoms in total. The van der Waals surface area contributed by atoms with Gasteiger partial charge in [0.05, 0.1) is 18.8 Å². The number of rotatable bonds is 8. The summed E-state index contributed by atoms with van der Waals surface area (Å²) in [5, 5.41) is 14.1. The van der Waals surface area contributed by atoms with Crippen LogP contribution in [0.3, 0.4) is 0 Å². The first-order valence-corrected chi connectivity index (χ1v) is 10.4. The van der Waals surface area contributed by atoms with Gasteiger partial charge in [-0.25, -0.2) is 4.79 Å². The van der Waals surface area contributed by atoms with Crippen LogP contribution in [0, 0.1) is 0 Å². The van der Waals surface area contributed by atoms with E-state index in [2.05, 4.69) is 22.8 Å². The molecule has 31 heavy (non-hydrogen) atoms. The Balaban J connectivity index is 1.65. The number of aliphatic hydroxyl groups excluding tert-OH is 1. The summed E-state index contributed by atoms with van der Waals surface area (Å²) >= 11 is 0. The molecule has 0 saturated carbocycles. The van der Waals surface area contributed by atoms with Crippen LogP contribution in [0.2, 0.25) is 0 Å². The molecule has 0 aliphatic heterocycles. The smallest absolute Gasteiger partial charge is 0.407 e. The molecule has 1 atom stereocenters. The number of hydrogen-bond acceptors (Lipinski definition) is 5. The van der Waals surface area contributed by atoms with Crippen LogP contribution in [-0.4, -0.2) is 55.1 Å². The molecule has 2 aromatic rings. The maximum absolute atomic E-state index is 12.5. The number of aliphatic hydroxyl groups is 1. The van der Waals surface area contributed by atoms with Crippen LogP contribution in [0.15, 0.2) is 48.5 Å². The number of alkyl carbamates (subject to hydrolysis) is 1. The largest absolute Gasteiger partial charge is 0.449 e. The maximum Gasteiger partial charge on any atom is 0.407 e.